The highest BCUT2D eigenvalue weighted by Gasteiger charge is 2.62. The van der Waals surface area contributed by atoms with Gasteiger partial charge in [-0.2, -0.15) is 0 Å². The van der Waals surface area contributed by atoms with Crippen molar-refractivity contribution in [1.29, 1.82) is 0 Å². The van der Waals surface area contributed by atoms with Crippen molar-refractivity contribution in [2.75, 3.05) is 270 Å². The van der Waals surface area contributed by atoms with Crippen LogP contribution >= 0.6 is 21.6 Å². The minimum absolute atomic E-state index is 0.0237. The number of nitrogens with one attached hydrogen (secondary N) is 6. The molecule has 816 valence electrons. The molecule has 0 spiro atoms. The quantitative estimate of drug-likeness (QED) is 0.0145. The molecule has 0 radical (unpaired) electrons. The topological polar surface area (TPSA) is 632 Å². The number of unbranched alkanes of at least 4 members (excludes halogenated alkanes) is 2. The summed E-state index contributed by atoms with van der Waals surface area (Å²) >= 11 is 0. The lowest BCUT2D eigenvalue weighted by atomic mass is 9.88. The summed E-state index contributed by atoms with van der Waals surface area (Å²) in [6.45, 7) is 13.0. The fourth-order valence-electron chi connectivity index (χ4n) is 15.4. The average molecular weight is 2100 g/mol. The number of amides is 6. The van der Waals surface area contributed by atoms with Crippen LogP contribution in [0.2, 0.25) is 0 Å². The Kier molecular flexibility index (Phi) is 55.3. The number of aliphatic hydroxyl groups is 6. The summed E-state index contributed by atoms with van der Waals surface area (Å²) in [5, 5.41) is 108. The first kappa shape index (κ1) is 119. The second-order valence-electron chi connectivity index (χ2n) is 34.5. The highest BCUT2D eigenvalue weighted by molar-refractivity contribution is 8.76. The Hall–Kier alpha value is -7.15. The maximum absolute atomic E-state index is 14.3. The molecule has 6 aliphatic heterocycles. The molecule has 0 unspecified atom stereocenters. The minimum atomic E-state index is -1.36. The number of carbonyl (C=O) groups is 6. The molecule has 10 heterocycles. The number of carbonyl (C=O) groups excluding carboxylic acids is 6. The summed E-state index contributed by atoms with van der Waals surface area (Å²) in [4.78, 5) is 78.4. The van der Waals surface area contributed by atoms with Gasteiger partial charge in [0.1, 0.15) is 99.2 Å². The summed E-state index contributed by atoms with van der Waals surface area (Å²) in [5.41, 5.74) is -3.77. The van der Waals surface area contributed by atoms with Crippen molar-refractivity contribution in [2.24, 2.45) is 0 Å². The van der Waals surface area contributed by atoms with Crippen molar-refractivity contribution in [1.82, 2.24) is 81.9 Å². The number of aromatic nitrogens is 10. The van der Waals surface area contributed by atoms with Gasteiger partial charge in [-0.3, -0.25) is 28.8 Å². The van der Waals surface area contributed by atoms with Crippen LogP contribution in [0.1, 0.15) is 76.4 Å². The molecule has 4 aromatic heterocycles. The Balaban J connectivity index is 0.638. The number of rotatable bonds is 84. The number of nitrogens with zero attached hydrogens (tertiary/aromatic N) is 10. The molecule has 0 saturated carbocycles. The van der Waals surface area contributed by atoms with E-state index < -0.39 is 114 Å². The predicted molar refractivity (Wildman–Crippen MR) is 499 cm³/mol. The van der Waals surface area contributed by atoms with E-state index in [0.29, 0.717) is 127 Å². The third-order valence-corrected chi connectivity index (χ3v) is 25.1. The van der Waals surface area contributed by atoms with E-state index in [1.165, 1.54) is 31.6 Å². The lowest BCUT2D eigenvalue weighted by molar-refractivity contribution is -0.238. The molecule has 0 aliphatic carbocycles. The Morgan fingerprint density at radius 2 is 0.722 bits per heavy atom. The first-order valence-corrected chi connectivity index (χ1v) is 50.8. The zero-order valence-electron chi connectivity index (χ0n) is 82.1. The number of fused-ring (bicyclic) bond motifs is 6. The fraction of sp³-hybridized carbons (Fsp3) is 0.809. The molecule has 6 aliphatic rings. The van der Waals surface area contributed by atoms with Crippen molar-refractivity contribution < 1.29 is 178 Å². The molecular weight excluding hydrogens is 1950 g/mol. The highest BCUT2D eigenvalue weighted by atomic mass is 33.1. The van der Waals surface area contributed by atoms with E-state index in [9.17, 15) is 59.4 Å². The normalized spacial score (nSPS) is 23.8. The maximum atomic E-state index is 14.3. The molecule has 10 rings (SSSR count). The Labute approximate surface area is 842 Å². The summed E-state index contributed by atoms with van der Waals surface area (Å²) < 4.78 is 149. The van der Waals surface area contributed by atoms with Gasteiger partial charge in [-0.1, -0.05) is 38.9 Å². The SMILES string of the molecule is CC(=O)N[C@H]1[C@H]2OC[C@](COCCOCCOCCOCCn3cc(COCC(COCc4cn(CCOCCOCCOCCOC[C@@]56CO[C@@H](O5)[C@H](NC(C)=O)[C@@H](O)[C@H]6O)nn4)(COCc4cn(CCOCCOCCOCCOC[C@@]56CO[C@@H](O5)[C@H](NC(C)=O)[C@@H](O)[C@H]6O)nn4)NC(=O)CCCCCNC(=O)CCOCCOCCOCCOCCNC(=O)CCSSc4ccccn4)nn3)(O2)[C@H](O)[C@@H]1O. The van der Waals surface area contributed by atoms with Gasteiger partial charge < -0.3 is 181 Å². The summed E-state index contributed by atoms with van der Waals surface area (Å²) in [6.07, 6.45) is -1.57. The van der Waals surface area contributed by atoms with E-state index in [0.717, 1.165) is 5.03 Å². The fourth-order valence-corrected chi connectivity index (χ4v) is 17.3. The first-order chi connectivity index (χ1) is 70.0. The van der Waals surface area contributed by atoms with Crippen LogP contribution in [0.4, 0.5) is 0 Å². The van der Waals surface area contributed by atoms with Crippen molar-refractivity contribution in [2.45, 2.75) is 200 Å². The molecule has 144 heavy (non-hydrogen) atoms. The largest absolute Gasteiger partial charge is 0.388 e. The van der Waals surface area contributed by atoms with Gasteiger partial charge in [0, 0.05) is 65.1 Å². The van der Waals surface area contributed by atoms with Gasteiger partial charge in [-0.05, 0) is 35.8 Å². The van der Waals surface area contributed by atoms with Crippen LogP contribution in [0.3, 0.4) is 0 Å². The number of hydrogen-bond donors (Lipinski definition) is 12. The van der Waals surface area contributed by atoms with Crippen molar-refractivity contribution in [3.05, 3.63) is 60.1 Å². The van der Waals surface area contributed by atoms with Gasteiger partial charge >= 0.3 is 0 Å². The molecule has 6 amide bonds. The third-order valence-electron chi connectivity index (χ3n) is 22.8. The molecule has 55 heteroatoms. The van der Waals surface area contributed by atoms with Gasteiger partial charge in [0.2, 0.25) is 35.4 Å². The number of hydrogen-bond acceptors (Lipinski definition) is 46. The molecule has 0 aromatic carbocycles. The predicted octanol–water partition coefficient (Wildman–Crippen LogP) is -5.00. The highest BCUT2D eigenvalue weighted by Crippen LogP contribution is 2.40. The van der Waals surface area contributed by atoms with E-state index >= 15 is 0 Å². The van der Waals surface area contributed by atoms with Gasteiger partial charge in [0.25, 0.3) is 0 Å². The Morgan fingerprint density at radius 3 is 1.08 bits per heavy atom. The van der Waals surface area contributed by atoms with E-state index in [1.54, 1.807) is 49.6 Å². The summed E-state index contributed by atoms with van der Waals surface area (Å²) in [5.74, 6) is -1.07. The van der Waals surface area contributed by atoms with E-state index in [2.05, 4.69) is 67.8 Å². The average Bonchev–Trinajstić information content (AvgIpc) is 1.61. The maximum Gasteiger partial charge on any atom is 0.222 e. The van der Waals surface area contributed by atoms with Gasteiger partial charge in [-0.25, -0.2) is 19.0 Å². The standard InChI is InChI=1S/C89H146N16O37S2/c1-64(106)93-74-77(112)80(115)87(61-137-83(74)140-87)58-131-45-42-128-39-36-125-31-26-120-21-16-103-49-67(97-100-103)52-134-55-86(56-135-53-68-50-104(101-98-68)17-22-121-27-32-126-37-40-129-43-46-132-59-88-62-138-84(141-88)75(94-65(2)107)78(113)81(88)116,57-136-54-69-51-105(102-99-69)18-23-122-28-33-127-38-41-130-44-47-133-60-89-63-139-85(142-89)76(95-66(3)108)79(114)82(89)117)96-72(111)9-5-4-7-13-90-70(109)11-19-118-24-29-123-34-35-124-30-25-119-20-15-91-71(110)12-48-143-144-73-10-6-8-14-92-73/h6,8,10,14,49-51,74-85,112-117H,4-5,7,9,11-13,15-48,52-63H2,1-3H3,(H,90,109)(H,91,110)(H,93,106)(H,94,107)(H,95,108)(H,96,111)/t74-,75-,76-,77-,78-,79-,80-,81-,82-,83+,84+,85+,87+,88+,89+/m1/s1. The van der Waals surface area contributed by atoms with Crippen LogP contribution in [0.15, 0.2) is 48.0 Å². The lowest BCUT2D eigenvalue weighted by Gasteiger charge is -2.42. The zero-order chi connectivity index (χ0) is 102. The summed E-state index contributed by atoms with van der Waals surface area (Å²) in [6, 6.07) is 2.95. The second-order valence-corrected chi connectivity index (χ2v) is 36.9. The van der Waals surface area contributed by atoms with Crippen LogP contribution < -0.4 is 31.9 Å². The number of ether oxygens (including phenoxy) is 25. The third kappa shape index (κ3) is 42.7. The molecule has 53 nitrogen and oxygen atoms in total. The van der Waals surface area contributed by atoms with Crippen LogP contribution in [-0.2, 0) is 187 Å². The van der Waals surface area contributed by atoms with E-state index in [-0.39, 0.29) is 255 Å². The molecule has 6 fully saturated rings. The van der Waals surface area contributed by atoms with Gasteiger partial charge in [0.15, 0.2) is 18.9 Å². The van der Waals surface area contributed by atoms with Gasteiger partial charge in [0.05, 0.1) is 309 Å². The van der Waals surface area contributed by atoms with Crippen molar-refractivity contribution in [3.63, 3.8) is 0 Å². The van der Waals surface area contributed by atoms with Crippen molar-refractivity contribution >= 4 is 57.0 Å². The molecule has 15 atom stereocenters. The number of aliphatic hydroxyl groups excluding tert-OH is 6. The Bertz CT molecular complexity index is 3930. The number of pyridine rings is 1. The van der Waals surface area contributed by atoms with E-state index in [1.807, 2.05) is 18.2 Å². The minimum Gasteiger partial charge on any atom is -0.388 e. The Morgan fingerprint density at radius 1 is 0.389 bits per heavy atom. The van der Waals surface area contributed by atoms with Crippen LogP contribution in [0, 0.1) is 0 Å². The van der Waals surface area contributed by atoms with Crippen LogP contribution in [-0.4, -0.2) is 482 Å². The molecule has 6 saturated heterocycles. The monoisotopic (exact) mass is 2090 g/mol. The smallest absolute Gasteiger partial charge is 0.222 e. The van der Waals surface area contributed by atoms with Crippen LogP contribution in [0.5, 0.6) is 0 Å². The van der Waals surface area contributed by atoms with Gasteiger partial charge in [-0.15, -0.1) is 15.3 Å². The first-order valence-electron chi connectivity index (χ1n) is 48.5. The molecule has 4 aromatic rings. The lowest BCUT2D eigenvalue weighted by Crippen LogP contribution is -2.66. The van der Waals surface area contributed by atoms with Crippen molar-refractivity contribution in [3.8, 4) is 0 Å². The molecule has 6 bridgehead atoms. The van der Waals surface area contributed by atoms with E-state index in [4.69, 9.17) is 118 Å². The summed E-state index contributed by atoms with van der Waals surface area (Å²) in [7, 11) is 3.12. The molecule has 12 N–H and O–H groups in total. The van der Waals surface area contributed by atoms with Crippen LogP contribution in [0.25, 0.3) is 0 Å². The molecular formula is C89H146N16O37S2. The zero-order valence-corrected chi connectivity index (χ0v) is 83.7. The second kappa shape index (κ2) is 67.1.